The average Bonchev–Trinajstić information content (AvgIpc) is 2.66. The normalized spacial score (nSPS) is 22.5. The number of nitrogens with one attached hydrogen (secondary N) is 2. The highest BCUT2D eigenvalue weighted by Crippen LogP contribution is 2.29. The van der Waals surface area contributed by atoms with Gasteiger partial charge in [0, 0.05) is 17.3 Å². The van der Waals surface area contributed by atoms with Crippen molar-refractivity contribution in [3.63, 3.8) is 0 Å². The Morgan fingerprint density at radius 2 is 1.64 bits per heavy atom. The predicted octanol–water partition coefficient (Wildman–Crippen LogP) is 4.18. The topological polar surface area (TPSA) is 75.3 Å². The monoisotopic (exact) mass is 404 g/mol. The molecule has 3 rings (SSSR count). The van der Waals surface area contributed by atoms with E-state index in [-0.39, 0.29) is 16.8 Å². The van der Waals surface area contributed by atoms with Gasteiger partial charge in [0.05, 0.1) is 4.90 Å². The second-order valence-electron chi connectivity index (χ2n) is 7.48. The Balaban J connectivity index is 1.66. The molecule has 2 aromatic rings. The van der Waals surface area contributed by atoms with E-state index < -0.39 is 15.8 Å². The van der Waals surface area contributed by atoms with Crippen molar-refractivity contribution in [1.29, 1.82) is 0 Å². The van der Waals surface area contributed by atoms with Gasteiger partial charge in [-0.05, 0) is 66.8 Å². The lowest BCUT2D eigenvalue weighted by molar-refractivity contribution is 0.0891. The molecule has 0 heterocycles. The van der Waals surface area contributed by atoms with Crippen molar-refractivity contribution in [2.24, 2.45) is 11.8 Å². The summed E-state index contributed by atoms with van der Waals surface area (Å²) in [5.74, 6) is 0.358. The third-order valence-corrected chi connectivity index (χ3v) is 6.94. The number of sulfonamides is 1. The van der Waals surface area contributed by atoms with Gasteiger partial charge in [-0.25, -0.2) is 12.8 Å². The van der Waals surface area contributed by atoms with Crippen LogP contribution in [0.1, 0.15) is 43.5 Å². The van der Waals surface area contributed by atoms with Crippen LogP contribution in [0.5, 0.6) is 0 Å². The summed E-state index contributed by atoms with van der Waals surface area (Å²) in [5, 5.41) is 3.10. The van der Waals surface area contributed by atoms with Gasteiger partial charge in [0.1, 0.15) is 5.82 Å². The largest absolute Gasteiger partial charge is 0.349 e. The number of hydrogen-bond donors (Lipinski definition) is 2. The predicted molar refractivity (Wildman–Crippen MR) is 107 cm³/mol. The molecule has 28 heavy (non-hydrogen) atoms. The van der Waals surface area contributed by atoms with Crippen LogP contribution in [-0.2, 0) is 10.0 Å². The number of benzene rings is 2. The Hall–Kier alpha value is -2.41. The first-order valence-corrected chi connectivity index (χ1v) is 10.9. The van der Waals surface area contributed by atoms with E-state index in [2.05, 4.69) is 23.9 Å². The number of carbonyl (C=O) groups is 1. The first-order chi connectivity index (χ1) is 13.3. The van der Waals surface area contributed by atoms with Crippen LogP contribution in [0.25, 0.3) is 0 Å². The molecule has 1 amide bonds. The third-order valence-electron chi connectivity index (χ3n) is 5.55. The molecule has 0 spiro atoms. The van der Waals surface area contributed by atoms with Crippen molar-refractivity contribution in [1.82, 2.24) is 5.32 Å². The quantitative estimate of drug-likeness (QED) is 0.785. The van der Waals surface area contributed by atoms with Crippen LogP contribution in [0.4, 0.5) is 10.1 Å². The molecule has 150 valence electrons. The maximum atomic E-state index is 13.0. The summed E-state index contributed by atoms with van der Waals surface area (Å²) < 4.78 is 40.1. The van der Waals surface area contributed by atoms with Gasteiger partial charge in [-0.2, -0.15) is 0 Å². The zero-order chi connectivity index (χ0) is 20.3. The molecule has 0 aromatic heterocycles. The van der Waals surface area contributed by atoms with Crippen molar-refractivity contribution in [2.75, 3.05) is 4.72 Å². The summed E-state index contributed by atoms with van der Waals surface area (Å²) >= 11 is 0. The molecule has 1 saturated carbocycles. The van der Waals surface area contributed by atoms with E-state index >= 15 is 0 Å². The van der Waals surface area contributed by atoms with E-state index in [1.54, 1.807) is 24.3 Å². The van der Waals surface area contributed by atoms with Crippen LogP contribution in [0.3, 0.4) is 0 Å². The summed E-state index contributed by atoms with van der Waals surface area (Å²) in [6.07, 6.45) is 3.28. The van der Waals surface area contributed by atoms with Crippen molar-refractivity contribution < 1.29 is 17.6 Å². The highest BCUT2D eigenvalue weighted by Gasteiger charge is 2.28. The standard InChI is InChI=1S/C21H25FN2O3S/c1-14-4-3-5-20(15(14)2)23-21(25)16-6-10-18(11-7-16)24-28(26,27)19-12-8-17(22)9-13-19/h6-15,20,24H,3-5H2,1-2H3,(H,23,25). The molecule has 3 atom stereocenters. The molecular formula is C21H25FN2O3S. The molecular weight excluding hydrogens is 379 g/mol. The first kappa shape index (κ1) is 20.3. The van der Waals surface area contributed by atoms with Crippen LogP contribution in [0, 0.1) is 17.7 Å². The molecule has 0 aliphatic heterocycles. The number of rotatable bonds is 5. The Bertz CT molecular complexity index is 927. The molecule has 0 saturated heterocycles. The fraction of sp³-hybridized carbons (Fsp3) is 0.381. The summed E-state index contributed by atoms with van der Waals surface area (Å²) in [6, 6.07) is 11.0. The smallest absolute Gasteiger partial charge is 0.261 e. The van der Waals surface area contributed by atoms with Crippen LogP contribution in [0.2, 0.25) is 0 Å². The Kier molecular flexibility index (Phi) is 6.03. The maximum Gasteiger partial charge on any atom is 0.261 e. The van der Waals surface area contributed by atoms with Gasteiger partial charge in [0.25, 0.3) is 15.9 Å². The number of hydrogen-bond acceptors (Lipinski definition) is 3. The third kappa shape index (κ3) is 4.70. The molecule has 1 aliphatic rings. The molecule has 0 radical (unpaired) electrons. The van der Waals surface area contributed by atoms with E-state index in [9.17, 15) is 17.6 Å². The molecule has 0 bridgehead atoms. The van der Waals surface area contributed by atoms with Gasteiger partial charge in [0.15, 0.2) is 0 Å². The number of carbonyl (C=O) groups excluding carboxylic acids is 1. The van der Waals surface area contributed by atoms with E-state index in [0.29, 0.717) is 23.1 Å². The van der Waals surface area contributed by atoms with E-state index in [1.807, 2.05) is 0 Å². The molecule has 2 N–H and O–H groups in total. The van der Waals surface area contributed by atoms with Crippen LogP contribution < -0.4 is 10.0 Å². The zero-order valence-electron chi connectivity index (χ0n) is 16.0. The average molecular weight is 405 g/mol. The van der Waals surface area contributed by atoms with Crippen molar-refractivity contribution in [2.45, 2.75) is 44.0 Å². The van der Waals surface area contributed by atoms with Crippen molar-refractivity contribution in [3.8, 4) is 0 Å². The van der Waals surface area contributed by atoms with Crippen molar-refractivity contribution >= 4 is 21.6 Å². The highest BCUT2D eigenvalue weighted by molar-refractivity contribution is 7.92. The summed E-state index contributed by atoms with van der Waals surface area (Å²) in [4.78, 5) is 12.5. The van der Waals surface area contributed by atoms with Gasteiger partial charge in [-0.3, -0.25) is 9.52 Å². The SMILES string of the molecule is CC1CCCC(NC(=O)c2ccc(NS(=O)(=O)c3ccc(F)cc3)cc2)C1C. The lowest BCUT2D eigenvalue weighted by atomic mass is 9.78. The second-order valence-corrected chi connectivity index (χ2v) is 9.17. The van der Waals surface area contributed by atoms with E-state index in [1.165, 1.54) is 18.6 Å². The molecule has 2 aromatic carbocycles. The van der Waals surface area contributed by atoms with E-state index in [4.69, 9.17) is 0 Å². The first-order valence-electron chi connectivity index (χ1n) is 9.45. The van der Waals surface area contributed by atoms with Gasteiger partial charge < -0.3 is 5.32 Å². The minimum atomic E-state index is -3.82. The fourth-order valence-electron chi connectivity index (χ4n) is 3.55. The van der Waals surface area contributed by atoms with Gasteiger partial charge in [-0.15, -0.1) is 0 Å². The van der Waals surface area contributed by atoms with Crippen molar-refractivity contribution in [3.05, 3.63) is 59.9 Å². The van der Waals surface area contributed by atoms with Gasteiger partial charge in [-0.1, -0.05) is 26.7 Å². The lowest BCUT2D eigenvalue weighted by Gasteiger charge is -2.34. The lowest BCUT2D eigenvalue weighted by Crippen LogP contribution is -2.43. The minimum absolute atomic E-state index is 0.0314. The number of amides is 1. The molecule has 7 heteroatoms. The fourth-order valence-corrected chi connectivity index (χ4v) is 4.61. The minimum Gasteiger partial charge on any atom is -0.349 e. The number of anilines is 1. The highest BCUT2D eigenvalue weighted by atomic mass is 32.2. The Morgan fingerprint density at radius 3 is 2.29 bits per heavy atom. The van der Waals surface area contributed by atoms with Gasteiger partial charge >= 0.3 is 0 Å². The zero-order valence-corrected chi connectivity index (χ0v) is 16.8. The molecule has 3 unspecified atom stereocenters. The van der Waals surface area contributed by atoms with Gasteiger partial charge in [0.2, 0.25) is 0 Å². The summed E-state index contributed by atoms with van der Waals surface area (Å²) in [5.41, 5.74) is 0.815. The van der Waals surface area contributed by atoms with Crippen LogP contribution in [-0.4, -0.2) is 20.4 Å². The number of halogens is 1. The molecule has 5 nitrogen and oxygen atoms in total. The second kappa shape index (κ2) is 8.31. The Morgan fingerprint density at radius 1 is 1.00 bits per heavy atom. The summed E-state index contributed by atoms with van der Waals surface area (Å²) in [7, 11) is -3.82. The molecule has 1 aliphatic carbocycles. The summed E-state index contributed by atoms with van der Waals surface area (Å²) in [6.45, 7) is 4.38. The van der Waals surface area contributed by atoms with Crippen LogP contribution in [0.15, 0.2) is 53.4 Å². The Labute approximate surface area is 165 Å². The maximum absolute atomic E-state index is 13.0. The molecule has 1 fully saturated rings. The van der Waals surface area contributed by atoms with E-state index in [0.717, 1.165) is 25.0 Å². The van der Waals surface area contributed by atoms with Crippen LogP contribution >= 0.6 is 0 Å².